The topological polar surface area (TPSA) is 72.6 Å². The van der Waals surface area contributed by atoms with Crippen LogP contribution >= 0.6 is 15.9 Å². The molecule has 0 heterocycles. The van der Waals surface area contributed by atoms with E-state index in [1.165, 1.54) is 0 Å². The molecule has 1 rings (SSSR count). The molecule has 0 saturated carbocycles. The van der Waals surface area contributed by atoms with Crippen LogP contribution in [0.3, 0.4) is 0 Å². The van der Waals surface area contributed by atoms with Crippen LogP contribution in [0.25, 0.3) is 0 Å². The third-order valence-electron chi connectivity index (χ3n) is 2.50. The van der Waals surface area contributed by atoms with Gasteiger partial charge in [0.2, 0.25) is 0 Å². The largest absolute Gasteiger partial charge is 0.462 e. The maximum absolute atomic E-state index is 11.8. The fourth-order valence-electron chi connectivity index (χ4n) is 1.51. The van der Waals surface area contributed by atoms with Crippen molar-refractivity contribution in [2.45, 2.75) is 25.7 Å². The maximum Gasteiger partial charge on any atom is 0.339 e. The number of aliphatic hydroxyl groups is 1. The van der Waals surface area contributed by atoms with Crippen molar-refractivity contribution < 1.29 is 14.6 Å². The lowest BCUT2D eigenvalue weighted by atomic mass is 10.2. The molecule has 0 saturated heterocycles. The fourth-order valence-corrected chi connectivity index (χ4v) is 1.92. The molecule has 5 heteroatoms. The van der Waals surface area contributed by atoms with E-state index in [2.05, 4.69) is 15.9 Å². The molecule has 0 aromatic heterocycles. The van der Waals surface area contributed by atoms with Gasteiger partial charge < -0.3 is 15.6 Å². The number of carbonyl (C=O) groups excluding carboxylic acids is 1. The van der Waals surface area contributed by atoms with Gasteiger partial charge in [0.15, 0.2) is 0 Å². The van der Waals surface area contributed by atoms with E-state index >= 15 is 0 Å². The summed E-state index contributed by atoms with van der Waals surface area (Å²) in [5, 5.41) is 8.61. The second-order valence-corrected chi connectivity index (χ2v) is 4.87. The van der Waals surface area contributed by atoms with Gasteiger partial charge in [-0.25, -0.2) is 4.79 Å². The lowest BCUT2D eigenvalue weighted by Gasteiger charge is -2.07. The van der Waals surface area contributed by atoms with E-state index < -0.39 is 0 Å². The summed E-state index contributed by atoms with van der Waals surface area (Å²) in [7, 11) is 0. The van der Waals surface area contributed by atoms with Crippen LogP contribution in [0.2, 0.25) is 0 Å². The number of esters is 1. The summed E-state index contributed by atoms with van der Waals surface area (Å²) in [6, 6.07) is 5.04. The SMILES string of the molecule is Nc1ccc(Br)c(C(=O)OCCCCCCO)c1. The molecule has 0 spiro atoms. The van der Waals surface area contributed by atoms with Crippen LogP contribution < -0.4 is 5.73 Å². The van der Waals surface area contributed by atoms with Crippen molar-refractivity contribution in [3.8, 4) is 0 Å². The number of hydrogen-bond donors (Lipinski definition) is 2. The Balaban J connectivity index is 2.34. The summed E-state index contributed by atoms with van der Waals surface area (Å²) in [5.41, 5.74) is 6.61. The summed E-state index contributed by atoms with van der Waals surface area (Å²) in [6.45, 7) is 0.613. The highest BCUT2D eigenvalue weighted by atomic mass is 79.9. The van der Waals surface area contributed by atoms with Gasteiger partial charge in [0, 0.05) is 16.8 Å². The Morgan fingerprint density at radius 3 is 2.72 bits per heavy atom. The molecule has 0 aliphatic heterocycles. The lowest BCUT2D eigenvalue weighted by molar-refractivity contribution is 0.0496. The molecule has 18 heavy (non-hydrogen) atoms. The zero-order valence-corrected chi connectivity index (χ0v) is 11.8. The summed E-state index contributed by atoms with van der Waals surface area (Å²) < 4.78 is 5.84. The molecule has 0 radical (unpaired) electrons. The fraction of sp³-hybridized carbons (Fsp3) is 0.462. The predicted molar refractivity (Wildman–Crippen MR) is 74.4 cm³/mol. The van der Waals surface area contributed by atoms with E-state index in [1.807, 2.05) is 0 Å². The van der Waals surface area contributed by atoms with Gasteiger partial charge in [0.25, 0.3) is 0 Å². The van der Waals surface area contributed by atoms with Crippen LogP contribution in [0, 0.1) is 0 Å². The summed E-state index contributed by atoms with van der Waals surface area (Å²) in [4.78, 5) is 11.8. The number of hydrogen-bond acceptors (Lipinski definition) is 4. The number of aliphatic hydroxyl groups excluding tert-OH is 1. The third-order valence-corrected chi connectivity index (χ3v) is 3.19. The Labute approximate surface area is 115 Å². The average molecular weight is 316 g/mol. The van der Waals surface area contributed by atoms with Crippen LogP contribution in [-0.4, -0.2) is 24.3 Å². The summed E-state index contributed by atoms with van der Waals surface area (Å²) in [5.74, 6) is -0.365. The highest BCUT2D eigenvalue weighted by Crippen LogP contribution is 2.20. The van der Waals surface area contributed by atoms with Crippen molar-refractivity contribution in [3.05, 3.63) is 28.2 Å². The second kappa shape index (κ2) is 8.11. The van der Waals surface area contributed by atoms with Crippen molar-refractivity contribution in [2.75, 3.05) is 18.9 Å². The zero-order valence-electron chi connectivity index (χ0n) is 10.2. The molecule has 1 aromatic rings. The molecule has 0 unspecified atom stereocenters. The lowest BCUT2D eigenvalue weighted by Crippen LogP contribution is -2.08. The minimum Gasteiger partial charge on any atom is -0.462 e. The number of nitrogens with two attached hydrogens (primary N) is 1. The molecule has 0 amide bonds. The van der Waals surface area contributed by atoms with Crippen LogP contribution in [-0.2, 0) is 4.74 Å². The van der Waals surface area contributed by atoms with Crippen molar-refractivity contribution in [3.63, 3.8) is 0 Å². The number of benzene rings is 1. The Bertz CT molecular complexity index is 396. The van der Waals surface area contributed by atoms with Gasteiger partial charge >= 0.3 is 5.97 Å². The van der Waals surface area contributed by atoms with Gasteiger partial charge in [0.1, 0.15) is 0 Å². The van der Waals surface area contributed by atoms with E-state index in [1.54, 1.807) is 18.2 Å². The summed E-state index contributed by atoms with van der Waals surface area (Å²) >= 11 is 3.29. The van der Waals surface area contributed by atoms with Crippen LogP contribution in [0.5, 0.6) is 0 Å². The molecule has 0 fully saturated rings. The first-order valence-corrected chi connectivity index (χ1v) is 6.77. The van der Waals surface area contributed by atoms with Crippen molar-refractivity contribution in [1.82, 2.24) is 0 Å². The van der Waals surface area contributed by atoms with Gasteiger partial charge in [-0.2, -0.15) is 0 Å². The third kappa shape index (κ3) is 5.06. The van der Waals surface area contributed by atoms with E-state index in [0.29, 0.717) is 22.3 Å². The van der Waals surface area contributed by atoms with E-state index in [0.717, 1.165) is 25.7 Å². The van der Waals surface area contributed by atoms with E-state index in [-0.39, 0.29) is 12.6 Å². The zero-order chi connectivity index (χ0) is 13.4. The maximum atomic E-state index is 11.8. The number of ether oxygens (including phenoxy) is 1. The minimum atomic E-state index is -0.365. The first-order valence-electron chi connectivity index (χ1n) is 5.98. The quantitative estimate of drug-likeness (QED) is 0.461. The number of nitrogen functional groups attached to an aromatic ring is 1. The molecule has 100 valence electrons. The van der Waals surface area contributed by atoms with Gasteiger partial charge in [-0.3, -0.25) is 0 Å². The predicted octanol–water partition coefficient (Wildman–Crippen LogP) is 2.74. The monoisotopic (exact) mass is 315 g/mol. The van der Waals surface area contributed by atoms with Crippen LogP contribution in [0.4, 0.5) is 5.69 Å². The molecule has 0 bridgehead atoms. The van der Waals surface area contributed by atoms with Crippen LogP contribution in [0.1, 0.15) is 36.0 Å². The molecular weight excluding hydrogens is 298 g/mol. The Hall–Kier alpha value is -1.07. The van der Waals surface area contributed by atoms with Gasteiger partial charge in [-0.15, -0.1) is 0 Å². The Morgan fingerprint density at radius 2 is 2.00 bits per heavy atom. The molecule has 0 atom stereocenters. The summed E-state index contributed by atoms with van der Waals surface area (Å²) in [6.07, 6.45) is 3.52. The van der Waals surface area contributed by atoms with Gasteiger partial charge in [0.05, 0.1) is 12.2 Å². The van der Waals surface area contributed by atoms with E-state index in [9.17, 15) is 4.79 Å². The molecule has 0 aliphatic rings. The van der Waals surface area contributed by atoms with Crippen molar-refractivity contribution in [1.29, 1.82) is 0 Å². The number of halogens is 1. The van der Waals surface area contributed by atoms with E-state index in [4.69, 9.17) is 15.6 Å². The standard InChI is InChI=1S/C13H18BrNO3/c14-12-6-5-10(15)9-11(12)13(17)18-8-4-2-1-3-7-16/h5-6,9,16H,1-4,7-8,15H2. The molecule has 1 aromatic carbocycles. The molecule has 0 aliphatic carbocycles. The number of unbranched alkanes of at least 4 members (excludes halogenated alkanes) is 3. The Morgan fingerprint density at radius 1 is 1.28 bits per heavy atom. The average Bonchev–Trinajstić information content (AvgIpc) is 2.36. The second-order valence-electron chi connectivity index (χ2n) is 4.01. The minimum absolute atomic E-state index is 0.218. The number of anilines is 1. The molecular formula is C13H18BrNO3. The number of carbonyl (C=O) groups is 1. The van der Waals surface area contributed by atoms with Crippen molar-refractivity contribution in [2.24, 2.45) is 0 Å². The smallest absolute Gasteiger partial charge is 0.339 e. The van der Waals surface area contributed by atoms with Crippen LogP contribution in [0.15, 0.2) is 22.7 Å². The number of rotatable bonds is 7. The van der Waals surface area contributed by atoms with Gasteiger partial charge in [-0.05, 0) is 53.4 Å². The molecule has 4 nitrogen and oxygen atoms in total. The van der Waals surface area contributed by atoms with Gasteiger partial charge in [-0.1, -0.05) is 6.42 Å². The van der Waals surface area contributed by atoms with Crippen molar-refractivity contribution >= 4 is 27.6 Å². The normalized spacial score (nSPS) is 10.3. The first kappa shape index (κ1) is 15.0. The Kier molecular flexibility index (Phi) is 6.75. The highest BCUT2D eigenvalue weighted by molar-refractivity contribution is 9.10. The highest BCUT2D eigenvalue weighted by Gasteiger charge is 2.11. The first-order chi connectivity index (χ1) is 8.65. The molecule has 3 N–H and O–H groups in total.